The molecule has 0 aliphatic carbocycles. The van der Waals surface area contributed by atoms with Gasteiger partial charge in [-0.2, -0.15) is 0 Å². The Bertz CT molecular complexity index is 408. The van der Waals surface area contributed by atoms with E-state index in [1.807, 2.05) is 6.07 Å². The molecule has 6 nitrogen and oxygen atoms in total. The molecule has 0 heterocycles. The van der Waals surface area contributed by atoms with Gasteiger partial charge < -0.3 is 15.6 Å². The van der Waals surface area contributed by atoms with Gasteiger partial charge in [0.2, 0.25) is 0 Å². The largest absolute Gasteiger partial charge is 0.480 e. The van der Waals surface area contributed by atoms with Gasteiger partial charge in [0.05, 0.1) is 7.11 Å². The molecule has 0 aliphatic heterocycles. The van der Waals surface area contributed by atoms with E-state index in [1.54, 1.807) is 24.3 Å². The molecule has 0 amide bonds. The number of nitrogens with two attached hydrogens (primary N) is 1. The highest BCUT2D eigenvalue weighted by molar-refractivity contribution is 5.78. The Hall–Kier alpha value is -1.92. The summed E-state index contributed by atoms with van der Waals surface area (Å²) in [6.07, 6.45) is 0. The molecule has 1 aromatic rings. The molecule has 0 spiro atoms. The van der Waals surface area contributed by atoms with Crippen molar-refractivity contribution in [3.05, 3.63) is 35.9 Å². The minimum atomic E-state index is -1.13. The maximum absolute atomic E-state index is 11.6. The van der Waals surface area contributed by atoms with E-state index in [1.165, 1.54) is 7.11 Å². The third kappa shape index (κ3) is 3.83. The number of hydrogen-bond donors (Lipinski definition) is 3. The highest BCUT2D eigenvalue weighted by Gasteiger charge is 2.22. The lowest BCUT2D eigenvalue weighted by molar-refractivity contribution is -0.144. The molecule has 0 fully saturated rings. The molecule has 0 aromatic heterocycles. The molecule has 0 saturated carbocycles. The second kappa shape index (κ2) is 6.73. The number of carboxylic acids is 1. The molecule has 1 aromatic carbocycles. The summed E-state index contributed by atoms with van der Waals surface area (Å²) in [5.74, 6) is -1.61. The monoisotopic (exact) mass is 252 g/mol. The van der Waals surface area contributed by atoms with Crippen LogP contribution in [0, 0.1) is 0 Å². The van der Waals surface area contributed by atoms with E-state index in [-0.39, 0.29) is 6.54 Å². The van der Waals surface area contributed by atoms with E-state index >= 15 is 0 Å². The fraction of sp³-hybridized carbons (Fsp3) is 0.333. The van der Waals surface area contributed by atoms with Crippen LogP contribution in [0.25, 0.3) is 0 Å². The van der Waals surface area contributed by atoms with E-state index < -0.39 is 24.0 Å². The van der Waals surface area contributed by atoms with Crippen molar-refractivity contribution in [3.63, 3.8) is 0 Å². The maximum atomic E-state index is 11.6. The van der Waals surface area contributed by atoms with Crippen molar-refractivity contribution in [3.8, 4) is 0 Å². The molecule has 98 valence electrons. The molecule has 2 atom stereocenters. The summed E-state index contributed by atoms with van der Waals surface area (Å²) in [6.45, 7) is -0.0238. The van der Waals surface area contributed by atoms with Gasteiger partial charge in [-0.1, -0.05) is 30.3 Å². The summed E-state index contributed by atoms with van der Waals surface area (Å²) in [6, 6.07) is 7.10. The first-order valence-corrected chi connectivity index (χ1v) is 5.40. The van der Waals surface area contributed by atoms with Gasteiger partial charge in [-0.05, 0) is 5.56 Å². The van der Waals surface area contributed by atoms with Crippen LogP contribution in [0.2, 0.25) is 0 Å². The zero-order valence-electron chi connectivity index (χ0n) is 10.00. The lowest BCUT2D eigenvalue weighted by Gasteiger charge is -2.18. The van der Waals surface area contributed by atoms with Crippen LogP contribution in [0.5, 0.6) is 0 Å². The minimum Gasteiger partial charge on any atom is -0.480 e. The van der Waals surface area contributed by atoms with E-state index in [9.17, 15) is 9.59 Å². The van der Waals surface area contributed by atoms with Crippen LogP contribution < -0.4 is 11.1 Å². The Morgan fingerprint density at radius 3 is 2.50 bits per heavy atom. The zero-order chi connectivity index (χ0) is 13.5. The number of carboxylic acid groups (broad SMARTS) is 1. The van der Waals surface area contributed by atoms with Gasteiger partial charge in [0.15, 0.2) is 0 Å². The van der Waals surface area contributed by atoms with Crippen molar-refractivity contribution in [1.29, 1.82) is 0 Å². The van der Waals surface area contributed by atoms with Crippen LogP contribution in [0.15, 0.2) is 30.3 Å². The van der Waals surface area contributed by atoms with Crippen molar-refractivity contribution in [1.82, 2.24) is 5.32 Å². The number of carbonyl (C=O) groups excluding carboxylic acids is 1. The third-order valence-electron chi connectivity index (χ3n) is 2.43. The Balaban J connectivity index is 2.75. The van der Waals surface area contributed by atoms with Crippen molar-refractivity contribution in [2.24, 2.45) is 5.73 Å². The standard InChI is InChI=1S/C12H16N2O4/c1-18-12(17)10(8-5-3-2-4-6-8)14-7-9(13)11(15)16/h2-6,9-10,14H,7,13H2,1H3,(H,15,16). The second-order valence-electron chi connectivity index (χ2n) is 3.72. The van der Waals surface area contributed by atoms with E-state index in [0.29, 0.717) is 5.56 Å². The predicted octanol–water partition coefficient (Wildman–Crippen LogP) is -0.0978. The first-order valence-electron chi connectivity index (χ1n) is 5.40. The Morgan fingerprint density at radius 2 is 2.00 bits per heavy atom. The summed E-state index contributed by atoms with van der Waals surface area (Å²) in [5, 5.41) is 11.5. The highest BCUT2D eigenvalue weighted by Crippen LogP contribution is 2.13. The fourth-order valence-corrected chi connectivity index (χ4v) is 1.43. The quantitative estimate of drug-likeness (QED) is 0.611. The normalized spacial score (nSPS) is 13.7. The SMILES string of the molecule is COC(=O)C(NCC(N)C(=O)O)c1ccccc1. The molecule has 0 aliphatic rings. The number of hydrogen-bond acceptors (Lipinski definition) is 5. The molecule has 4 N–H and O–H groups in total. The number of aliphatic carboxylic acids is 1. The van der Waals surface area contributed by atoms with Crippen LogP contribution in [0.1, 0.15) is 11.6 Å². The Morgan fingerprint density at radius 1 is 1.39 bits per heavy atom. The molecule has 0 radical (unpaired) electrons. The number of benzene rings is 1. The summed E-state index contributed by atoms with van der Waals surface area (Å²) in [7, 11) is 1.27. The molecule has 0 bridgehead atoms. The molecule has 1 rings (SSSR count). The van der Waals surface area contributed by atoms with Gasteiger partial charge in [-0.15, -0.1) is 0 Å². The minimum absolute atomic E-state index is 0.0238. The number of rotatable bonds is 6. The smallest absolute Gasteiger partial charge is 0.327 e. The maximum Gasteiger partial charge on any atom is 0.327 e. The van der Waals surface area contributed by atoms with Gasteiger partial charge in [0.25, 0.3) is 0 Å². The molecule has 6 heteroatoms. The van der Waals surface area contributed by atoms with Gasteiger partial charge >= 0.3 is 11.9 Å². The van der Waals surface area contributed by atoms with Crippen molar-refractivity contribution in [2.75, 3.05) is 13.7 Å². The van der Waals surface area contributed by atoms with Crippen LogP contribution in [-0.4, -0.2) is 36.7 Å². The molecule has 0 saturated heterocycles. The topological polar surface area (TPSA) is 102 Å². The van der Waals surface area contributed by atoms with Crippen molar-refractivity contribution >= 4 is 11.9 Å². The first-order chi connectivity index (χ1) is 8.56. The third-order valence-corrected chi connectivity index (χ3v) is 2.43. The van der Waals surface area contributed by atoms with Crippen LogP contribution in [0.4, 0.5) is 0 Å². The average molecular weight is 252 g/mol. The average Bonchev–Trinajstić information content (AvgIpc) is 2.39. The summed E-state index contributed by atoms with van der Waals surface area (Å²) < 4.78 is 4.67. The molecule has 2 unspecified atom stereocenters. The Kier molecular flexibility index (Phi) is 5.29. The zero-order valence-corrected chi connectivity index (χ0v) is 10.00. The van der Waals surface area contributed by atoms with Crippen molar-refractivity contribution < 1.29 is 19.4 Å². The van der Waals surface area contributed by atoms with Gasteiger partial charge in [-0.3, -0.25) is 10.1 Å². The van der Waals surface area contributed by atoms with E-state index in [0.717, 1.165) is 0 Å². The fourth-order valence-electron chi connectivity index (χ4n) is 1.43. The molecule has 18 heavy (non-hydrogen) atoms. The lowest BCUT2D eigenvalue weighted by Crippen LogP contribution is -2.43. The van der Waals surface area contributed by atoms with E-state index in [2.05, 4.69) is 10.1 Å². The highest BCUT2D eigenvalue weighted by atomic mass is 16.5. The summed E-state index contributed by atoms with van der Waals surface area (Å²) >= 11 is 0. The first kappa shape index (κ1) is 14.1. The number of carbonyl (C=O) groups is 2. The van der Waals surface area contributed by atoms with Crippen molar-refractivity contribution in [2.45, 2.75) is 12.1 Å². The Labute approximate surface area is 105 Å². The summed E-state index contributed by atoms with van der Waals surface area (Å²) in [4.78, 5) is 22.2. The van der Waals surface area contributed by atoms with Gasteiger partial charge in [0.1, 0.15) is 12.1 Å². The number of ether oxygens (including phenoxy) is 1. The molecular formula is C12H16N2O4. The second-order valence-corrected chi connectivity index (χ2v) is 3.72. The number of nitrogens with one attached hydrogen (secondary N) is 1. The van der Waals surface area contributed by atoms with Crippen LogP contribution in [0.3, 0.4) is 0 Å². The van der Waals surface area contributed by atoms with Crippen LogP contribution >= 0.6 is 0 Å². The van der Waals surface area contributed by atoms with Crippen LogP contribution in [-0.2, 0) is 14.3 Å². The molecular weight excluding hydrogens is 236 g/mol. The van der Waals surface area contributed by atoms with Gasteiger partial charge in [-0.25, -0.2) is 4.79 Å². The lowest BCUT2D eigenvalue weighted by atomic mass is 10.1. The van der Waals surface area contributed by atoms with E-state index in [4.69, 9.17) is 10.8 Å². The summed E-state index contributed by atoms with van der Waals surface area (Å²) in [5.41, 5.74) is 6.07. The van der Waals surface area contributed by atoms with Gasteiger partial charge in [0, 0.05) is 6.54 Å². The number of esters is 1. The predicted molar refractivity (Wildman–Crippen MR) is 64.8 cm³/mol. The number of methoxy groups -OCH3 is 1.